The molecule has 18 heavy (non-hydrogen) atoms. The van der Waals surface area contributed by atoms with Crippen molar-refractivity contribution >= 4 is 51.2 Å². The number of nitrogens with zero attached hydrogens (tertiary/aromatic N) is 2. The van der Waals surface area contributed by atoms with E-state index in [0.29, 0.717) is 0 Å². The molecule has 1 aliphatic heterocycles. The van der Waals surface area contributed by atoms with Gasteiger partial charge in [0, 0.05) is 14.1 Å². The molecule has 0 atom stereocenters. The number of amides is 4. The maximum absolute atomic E-state index is 11.9. The first-order valence-electron chi connectivity index (χ1n) is 4.97. The van der Waals surface area contributed by atoms with Gasteiger partial charge in [-0.1, -0.05) is 0 Å². The van der Waals surface area contributed by atoms with Gasteiger partial charge in [-0.15, -0.1) is 11.3 Å². The molecule has 0 saturated carbocycles. The van der Waals surface area contributed by atoms with E-state index in [0.717, 1.165) is 19.1 Å². The van der Waals surface area contributed by atoms with Crippen molar-refractivity contribution < 1.29 is 14.4 Å². The summed E-state index contributed by atoms with van der Waals surface area (Å²) >= 11 is 4.76. The summed E-state index contributed by atoms with van der Waals surface area (Å²) in [6.45, 7) is 0. The van der Waals surface area contributed by atoms with Gasteiger partial charge < -0.3 is 0 Å². The molecular formula is C11H9BrN2O3S. The quantitative estimate of drug-likeness (QED) is 0.584. The van der Waals surface area contributed by atoms with Crippen molar-refractivity contribution in [3.05, 3.63) is 26.4 Å². The maximum atomic E-state index is 11.9. The van der Waals surface area contributed by atoms with Crippen molar-refractivity contribution in [1.82, 2.24) is 9.80 Å². The first-order valence-corrected chi connectivity index (χ1v) is 6.65. The van der Waals surface area contributed by atoms with Crippen LogP contribution in [0.15, 0.2) is 20.8 Å². The molecule has 0 N–H and O–H groups in total. The minimum absolute atomic E-state index is 0.00935. The summed E-state index contributed by atoms with van der Waals surface area (Å²) in [6.07, 6.45) is 1.49. The van der Waals surface area contributed by atoms with E-state index >= 15 is 0 Å². The van der Waals surface area contributed by atoms with Crippen LogP contribution in [0.1, 0.15) is 5.56 Å². The predicted molar refractivity (Wildman–Crippen MR) is 70.9 cm³/mol. The Morgan fingerprint density at radius 2 is 1.72 bits per heavy atom. The topological polar surface area (TPSA) is 57.7 Å². The molecule has 4 amide bonds. The molecule has 0 aromatic carbocycles. The number of barbiturate groups is 1. The molecule has 0 radical (unpaired) electrons. The maximum Gasteiger partial charge on any atom is 0.333 e. The van der Waals surface area contributed by atoms with E-state index in [9.17, 15) is 14.4 Å². The van der Waals surface area contributed by atoms with Crippen LogP contribution < -0.4 is 0 Å². The lowest BCUT2D eigenvalue weighted by Crippen LogP contribution is -2.52. The Bertz CT molecular complexity index is 553. The van der Waals surface area contributed by atoms with Gasteiger partial charge in [0.15, 0.2) is 0 Å². The first kappa shape index (κ1) is 13.0. The summed E-state index contributed by atoms with van der Waals surface area (Å²) in [5.41, 5.74) is 0.740. The second-order valence-corrected chi connectivity index (χ2v) is 6.04. The third-order valence-electron chi connectivity index (χ3n) is 2.54. The molecule has 1 aliphatic rings. The lowest BCUT2D eigenvalue weighted by atomic mass is 10.1. The number of imide groups is 2. The molecule has 1 saturated heterocycles. The van der Waals surface area contributed by atoms with Crippen LogP contribution in [0, 0.1) is 0 Å². The van der Waals surface area contributed by atoms with Crippen LogP contribution in [0.3, 0.4) is 0 Å². The molecule has 2 heterocycles. The Morgan fingerprint density at radius 1 is 1.17 bits per heavy atom. The van der Waals surface area contributed by atoms with Gasteiger partial charge in [-0.2, -0.15) is 0 Å². The summed E-state index contributed by atoms with van der Waals surface area (Å²) in [4.78, 5) is 37.1. The predicted octanol–water partition coefficient (Wildman–Crippen LogP) is 1.94. The number of hydrogen-bond acceptors (Lipinski definition) is 4. The zero-order valence-corrected chi connectivity index (χ0v) is 12.0. The van der Waals surface area contributed by atoms with Crippen LogP contribution in [0.25, 0.3) is 6.08 Å². The van der Waals surface area contributed by atoms with Crippen molar-refractivity contribution in [3.8, 4) is 0 Å². The van der Waals surface area contributed by atoms with Gasteiger partial charge in [-0.25, -0.2) is 4.79 Å². The molecule has 2 rings (SSSR count). The summed E-state index contributed by atoms with van der Waals surface area (Å²) in [7, 11) is 2.70. The zero-order valence-electron chi connectivity index (χ0n) is 9.64. The van der Waals surface area contributed by atoms with Gasteiger partial charge >= 0.3 is 6.03 Å². The molecule has 7 heteroatoms. The van der Waals surface area contributed by atoms with E-state index in [4.69, 9.17) is 0 Å². The van der Waals surface area contributed by atoms with E-state index in [-0.39, 0.29) is 5.57 Å². The fourth-order valence-electron chi connectivity index (χ4n) is 1.54. The van der Waals surface area contributed by atoms with Crippen LogP contribution in [-0.4, -0.2) is 41.7 Å². The second kappa shape index (κ2) is 4.66. The van der Waals surface area contributed by atoms with Gasteiger partial charge in [-0.3, -0.25) is 19.4 Å². The lowest BCUT2D eigenvalue weighted by molar-refractivity contribution is -0.134. The van der Waals surface area contributed by atoms with E-state index in [2.05, 4.69) is 15.9 Å². The van der Waals surface area contributed by atoms with Gasteiger partial charge in [0.05, 0.1) is 3.79 Å². The minimum Gasteiger partial charge on any atom is -0.268 e. The van der Waals surface area contributed by atoms with Crippen molar-refractivity contribution in [2.45, 2.75) is 0 Å². The monoisotopic (exact) mass is 328 g/mol. The average molecular weight is 329 g/mol. The zero-order chi connectivity index (χ0) is 13.4. The summed E-state index contributed by atoms with van der Waals surface area (Å²) in [6, 6.07) is 1.18. The van der Waals surface area contributed by atoms with Gasteiger partial charge in [0.1, 0.15) is 5.57 Å². The highest BCUT2D eigenvalue weighted by molar-refractivity contribution is 9.11. The van der Waals surface area contributed by atoms with E-state index < -0.39 is 17.8 Å². The number of urea groups is 1. The molecule has 0 unspecified atom stereocenters. The molecule has 1 fully saturated rings. The van der Waals surface area contributed by atoms with Gasteiger partial charge in [0.25, 0.3) is 11.8 Å². The standard InChI is InChI=1S/C11H9BrN2O3S/c1-13-9(15)7(10(16)14(2)11(13)17)3-6-4-8(12)18-5-6/h3-5H,1-2H3. The third kappa shape index (κ3) is 2.11. The normalized spacial score (nSPS) is 16.6. The number of carbonyl (C=O) groups excluding carboxylic acids is 3. The van der Waals surface area contributed by atoms with Crippen LogP contribution >= 0.6 is 27.3 Å². The van der Waals surface area contributed by atoms with E-state index in [1.807, 2.05) is 5.38 Å². The fourth-order valence-corrected chi connectivity index (χ4v) is 2.67. The van der Waals surface area contributed by atoms with Gasteiger partial charge in [-0.05, 0) is 39.0 Å². The van der Waals surface area contributed by atoms with Crippen LogP contribution in [-0.2, 0) is 9.59 Å². The lowest BCUT2D eigenvalue weighted by Gasteiger charge is -2.28. The van der Waals surface area contributed by atoms with Crippen LogP contribution in [0.5, 0.6) is 0 Å². The van der Waals surface area contributed by atoms with Crippen molar-refractivity contribution in [3.63, 3.8) is 0 Å². The van der Waals surface area contributed by atoms with Crippen molar-refractivity contribution in [2.75, 3.05) is 14.1 Å². The van der Waals surface area contributed by atoms with E-state index in [1.165, 1.54) is 31.5 Å². The first-order chi connectivity index (χ1) is 8.41. The Kier molecular flexibility index (Phi) is 3.36. The number of hydrogen-bond donors (Lipinski definition) is 0. The third-order valence-corrected chi connectivity index (χ3v) is 4.07. The fraction of sp³-hybridized carbons (Fsp3) is 0.182. The van der Waals surface area contributed by atoms with E-state index in [1.54, 1.807) is 6.07 Å². The Morgan fingerprint density at radius 3 is 2.17 bits per heavy atom. The number of halogens is 1. The molecule has 0 bridgehead atoms. The van der Waals surface area contributed by atoms with Crippen molar-refractivity contribution in [2.24, 2.45) is 0 Å². The summed E-state index contributed by atoms with van der Waals surface area (Å²) < 4.78 is 0.905. The SMILES string of the molecule is CN1C(=O)C(=Cc2csc(Br)c2)C(=O)N(C)C1=O. The second-order valence-electron chi connectivity index (χ2n) is 3.75. The number of carbonyl (C=O) groups is 3. The molecule has 0 aliphatic carbocycles. The number of thiophene rings is 1. The molecule has 94 valence electrons. The van der Waals surface area contributed by atoms with Crippen LogP contribution in [0.4, 0.5) is 4.79 Å². The van der Waals surface area contributed by atoms with Crippen molar-refractivity contribution in [1.29, 1.82) is 0 Å². The smallest absolute Gasteiger partial charge is 0.268 e. The highest BCUT2D eigenvalue weighted by Gasteiger charge is 2.37. The Labute approximate surface area is 116 Å². The summed E-state index contributed by atoms with van der Waals surface area (Å²) in [5, 5.41) is 1.81. The largest absolute Gasteiger partial charge is 0.333 e. The highest BCUT2D eigenvalue weighted by atomic mass is 79.9. The highest BCUT2D eigenvalue weighted by Crippen LogP contribution is 2.24. The summed E-state index contributed by atoms with van der Waals surface area (Å²) in [5.74, 6) is -1.16. The Hall–Kier alpha value is -1.47. The number of likely N-dealkylation sites (N-methyl/N-ethyl adjacent to an activating group) is 2. The molecule has 5 nitrogen and oxygen atoms in total. The average Bonchev–Trinajstić information content (AvgIpc) is 2.75. The minimum atomic E-state index is -0.617. The van der Waals surface area contributed by atoms with Crippen LogP contribution in [0.2, 0.25) is 0 Å². The molecule has 0 spiro atoms. The molecule has 1 aromatic heterocycles. The molecular weight excluding hydrogens is 320 g/mol. The number of rotatable bonds is 1. The van der Waals surface area contributed by atoms with Gasteiger partial charge in [0.2, 0.25) is 0 Å². The Balaban J connectivity index is 2.43. The molecule has 1 aromatic rings.